The molecule has 0 amide bonds. The number of hydrogen-bond donors (Lipinski definition) is 1. The molecule has 0 saturated carbocycles. The summed E-state index contributed by atoms with van der Waals surface area (Å²) in [6.45, 7) is 0. The second kappa shape index (κ2) is 5.46. The Labute approximate surface area is 78.7 Å². The van der Waals surface area contributed by atoms with Gasteiger partial charge in [0.1, 0.15) is 0 Å². The van der Waals surface area contributed by atoms with Gasteiger partial charge in [-0.25, -0.2) is 0 Å². The average molecular weight is 583 g/mol. The first-order valence-electron chi connectivity index (χ1n) is 1.17. The number of halogens is 4. The van der Waals surface area contributed by atoms with Crippen LogP contribution >= 0.6 is 38.6 Å². The maximum absolute atomic E-state index is 8.75. The van der Waals surface area contributed by atoms with Gasteiger partial charge in [0.05, 0.1) is 0 Å². The zero-order valence-electron chi connectivity index (χ0n) is 3.92. The molecule has 10 heavy (non-hydrogen) atoms. The van der Waals surface area contributed by atoms with Gasteiger partial charge in [-0.05, 0) is 0 Å². The van der Waals surface area contributed by atoms with Crippen LogP contribution < -0.4 is 0 Å². The molecule has 1 N–H and O–H groups in total. The second-order valence-electron chi connectivity index (χ2n) is 0.699. The Morgan fingerprint density at radius 3 is 1.00 bits per heavy atom. The van der Waals surface area contributed by atoms with Gasteiger partial charge in [-0.15, -0.1) is 0 Å². The molecule has 0 aliphatic heterocycles. The Morgan fingerprint density at radius 2 is 1.00 bits per heavy atom. The Balaban J connectivity index is 0. The summed E-state index contributed by atoms with van der Waals surface area (Å²) < 4.78 is 33.3. The molecule has 0 fully saturated rings. The van der Waals surface area contributed by atoms with Crippen LogP contribution in [0.4, 0.5) is 0 Å². The Bertz CT molecular complexity index is 195. The van der Waals surface area contributed by atoms with Gasteiger partial charge in [-0.1, -0.05) is 0 Å². The minimum atomic E-state index is -5.86. The summed E-state index contributed by atoms with van der Waals surface area (Å²) in [7, 11) is 20.1. The molecule has 0 aliphatic rings. The van der Waals surface area contributed by atoms with Gasteiger partial charge in [-0.3, -0.25) is 0 Å². The van der Waals surface area contributed by atoms with E-state index in [1.54, 1.807) is 0 Å². The molecule has 0 unspecified atom stereocenters. The van der Waals surface area contributed by atoms with Crippen molar-refractivity contribution >= 4 is 38.6 Å². The third-order valence-corrected chi connectivity index (χ3v) is 0. The Morgan fingerprint density at radius 1 is 1.00 bits per heavy atom. The molecule has 4 nitrogen and oxygen atoms in total. The van der Waals surface area contributed by atoms with Gasteiger partial charge in [0.15, 0.2) is 0 Å². The standard InChI is InChI=1S/4ClH.H2O.3O.Os.Re/h4*1H;1H2;;;;;/q;;;;;;;;+4;+1/p-5. The van der Waals surface area contributed by atoms with Crippen molar-refractivity contribution < 1.29 is 41.0 Å². The van der Waals surface area contributed by atoms with Gasteiger partial charge >= 0.3 is 79.6 Å². The summed E-state index contributed by atoms with van der Waals surface area (Å²) in [6.07, 6.45) is 0. The second-order valence-corrected chi connectivity index (χ2v) is 25.6. The first-order valence-corrected chi connectivity index (χ1v) is 18.3. The van der Waals surface area contributed by atoms with Crippen LogP contribution in [0.15, 0.2) is 0 Å². The van der Waals surface area contributed by atoms with E-state index in [9.17, 15) is 0 Å². The van der Waals surface area contributed by atoms with Crippen LogP contribution in [0.1, 0.15) is 0 Å². The van der Waals surface area contributed by atoms with Gasteiger partial charge in [-0.2, -0.15) is 0 Å². The summed E-state index contributed by atoms with van der Waals surface area (Å²) >= 11 is -9.03. The molecule has 0 aromatic rings. The van der Waals surface area contributed by atoms with Gasteiger partial charge < -0.3 is 0 Å². The molecule has 0 bridgehead atoms. The van der Waals surface area contributed by atoms with Crippen molar-refractivity contribution in [3.63, 3.8) is 0 Å². The molecular weight excluding hydrogens is 582 g/mol. The van der Waals surface area contributed by atoms with E-state index < -0.39 is 26.8 Å². The molecule has 0 aromatic carbocycles. The van der Waals surface area contributed by atoms with Crippen LogP contribution in [0.3, 0.4) is 0 Å². The van der Waals surface area contributed by atoms with Crippen molar-refractivity contribution in [3.05, 3.63) is 0 Å². The maximum atomic E-state index is 8.75. The molecule has 0 spiro atoms. The normalized spacial score (nSPS) is 13.3. The van der Waals surface area contributed by atoms with Crippen molar-refractivity contribution in [3.8, 4) is 0 Å². The quantitative estimate of drug-likeness (QED) is 0.473. The molecular formula is HCl4O4OsRe. The fourth-order valence-corrected chi connectivity index (χ4v) is 0. The molecule has 68 valence electrons. The molecule has 0 aliphatic carbocycles. The van der Waals surface area contributed by atoms with Gasteiger partial charge in [0.25, 0.3) is 0 Å². The summed E-state index contributed by atoms with van der Waals surface area (Å²) in [5, 5.41) is 0. The van der Waals surface area contributed by atoms with E-state index in [0.29, 0.717) is 0 Å². The number of hydrogen-bond acceptors (Lipinski definition) is 3. The molecule has 0 radical (unpaired) electrons. The van der Waals surface area contributed by atoms with Crippen LogP contribution in [-0.2, 0) is 37.2 Å². The fourth-order valence-electron chi connectivity index (χ4n) is 0. The van der Waals surface area contributed by atoms with E-state index in [-0.39, 0.29) is 0 Å². The first-order chi connectivity index (χ1) is 4.00. The van der Waals surface area contributed by atoms with E-state index in [0.717, 1.165) is 0 Å². The minimum absolute atomic E-state index is 3.17. The molecule has 0 saturated heterocycles. The van der Waals surface area contributed by atoms with Gasteiger partial charge in [0, 0.05) is 0 Å². The van der Waals surface area contributed by atoms with Crippen molar-refractivity contribution in [2.75, 3.05) is 0 Å². The number of rotatable bonds is 0. The SMILES string of the molecule is [Cl][Os]([Cl])([Cl])[Cl].[O]=[Re](=[O])(=[O])[OH]. The zero-order chi connectivity index (χ0) is 9.00. The first kappa shape index (κ1) is 14.3. The zero-order valence-corrected chi connectivity index (χ0v) is 12.2. The topological polar surface area (TPSA) is 71.4 Å². The third-order valence-electron chi connectivity index (χ3n) is 0. The van der Waals surface area contributed by atoms with Crippen molar-refractivity contribution in [2.45, 2.75) is 0 Å². The van der Waals surface area contributed by atoms with E-state index in [1.807, 2.05) is 0 Å². The van der Waals surface area contributed by atoms with Crippen molar-refractivity contribution in [1.82, 2.24) is 0 Å². The van der Waals surface area contributed by atoms with Crippen LogP contribution in [0.25, 0.3) is 0 Å². The fraction of sp³-hybridized carbons (Fsp3) is 0. The van der Waals surface area contributed by atoms with Crippen molar-refractivity contribution in [2.24, 2.45) is 0 Å². The van der Waals surface area contributed by atoms with Crippen LogP contribution in [0.2, 0.25) is 0 Å². The molecule has 0 aromatic heterocycles. The molecule has 0 rings (SSSR count). The van der Waals surface area contributed by atoms with Crippen molar-refractivity contribution in [1.29, 1.82) is 0 Å². The van der Waals surface area contributed by atoms with E-state index in [2.05, 4.69) is 0 Å². The predicted octanol–water partition coefficient (Wildman–Crippen LogP) is 1.84. The third kappa shape index (κ3) is 231. The monoisotopic (exact) mass is 584 g/mol. The molecule has 0 heterocycles. The van der Waals surface area contributed by atoms with Crippen LogP contribution in [0, 0.1) is 0 Å². The Hall–Kier alpha value is 1.82. The van der Waals surface area contributed by atoms with E-state index in [1.165, 1.54) is 0 Å². The average Bonchev–Trinajstić information content (AvgIpc) is 1.12. The molecule has 10 heteroatoms. The Kier molecular flexibility index (Phi) is 7.84. The molecule has 0 atom stereocenters. The summed E-state index contributed by atoms with van der Waals surface area (Å²) in [6, 6.07) is 0. The summed E-state index contributed by atoms with van der Waals surface area (Å²) in [4.78, 5) is 0. The van der Waals surface area contributed by atoms with Crippen LogP contribution in [0.5, 0.6) is 0 Å². The van der Waals surface area contributed by atoms with E-state index in [4.69, 9.17) is 52.8 Å². The summed E-state index contributed by atoms with van der Waals surface area (Å²) in [5.74, 6) is 0. The summed E-state index contributed by atoms with van der Waals surface area (Å²) in [5.41, 5.74) is 0. The predicted molar refractivity (Wildman–Crippen MR) is 27.7 cm³/mol. The van der Waals surface area contributed by atoms with Gasteiger partial charge in [0.2, 0.25) is 0 Å². The van der Waals surface area contributed by atoms with Crippen LogP contribution in [-0.4, -0.2) is 3.83 Å². The van der Waals surface area contributed by atoms with E-state index >= 15 is 0 Å².